The number of furan rings is 1. The molecule has 0 radical (unpaired) electrons. The van der Waals surface area contributed by atoms with Crippen LogP contribution in [0.15, 0.2) is 64.1 Å². The zero-order chi connectivity index (χ0) is 22.9. The van der Waals surface area contributed by atoms with Crippen LogP contribution >= 0.6 is 0 Å². The quantitative estimate of drug-likeness (QED) is 0.612. The molecule has 2 aromatic carbocycles. The first-order chi connectivity index (χ1) is 15.3. The van der Waals surface area contributed by atoms with E-state index in [0.717, 1.165) is 5.56 Å². The Morgan fingerprint density at radius 2 is 1.81 bits per heavy atom. The highest BCUT2D eigenvalue weighted by molar-refractivity contribution is 7.89. The number of hydrogen-bond acceptors (Lipinski definition) is 5. The normalized spacial score (nSPS) is 13.5. The maximum Gasteiger partial charge on any atom is 0.294 e. The summed E-state index contributed by atoms with van der Waals surface area (Å²) in [7, 11) is -2.56. The Morgan fingerprint density at radius 3 is 2.53 bits per heavy atom. The minimum absolute atomic E-state index is 0.104. The van der Waals surface area contributed by atoms with Crippen LogP contribution < -0.4 is 14.9 Å². The average Bonchev–Trinajstić information content (AvgIpc) is 3.30. The van der Waals surface area contributed by atoms with Crippen molar-refractivity contribution in [2.75, 3.05) is 23.8 Å². The van der Waals surface area contributed by atoms with E-state index in [2.05, 4.69) is 10.0 Å². The fourth-order valence-corrected chi connectivity index (χ4v) is 4.21. The first-order valence-corrected chi connectivity index (χ1v) is 11.3. The third-order valence-electron chi connectivity index (χ3n) is 5.18. The molecular formula is C22H20FN3O5S. The fourth-order valence-electron chi connectivity index (χ4n) is 3.56. The summed E-state index contributed by atoms with van der Waals surface area (Å²) in [6.07, 6.45) is 1.28. The second kappa shape index (κ2) is 8.56. The van der Waals surface area contributed by atoms with Crippen molar-refractivity contribution in [1.82, 2.24) is 4.72 Å². The lowest BCUT2D eigenvalue weighted by molar-refractivity contribution is 0.0952. The summed E-state index contributed by atoms with van der Waals surface area (Å²) < 4.78 is 44.4. The Morgan fingerprint density at radius 1 is 1.06 bits per heavy atom. The number of sulfonamides is 1. The third kappa shape index (κ3) is 4.14. The number of nitrogens with zero attached hydrogens (tertiary/aromatic N) is 1. The Hall–Kier alpha value is -3.50. The highest BCUT2D eigenvalue weighted by Crippen LogP contribution is 2.34. The van der Waals surface area contributed by atoms with Gasteiger partial charge in [0.1, 0.15) is 5.82 Å². The first kappa shape index (κ1) is 21.7. The van der Waals surface area contributed by atoms with Gasteiger partial charge in [-0.3, -0.25) is 9.59 Å². The van der Waals surface area contributed by atoms with E-state index in [9.17, 15) is 22.4 Å². The lowest BCUT2D eigenvalue weighted by Gasteiger charge is -2.30. The molecule has 0 spiro atoms. The van der Waals surface area contributed by atoms with Gasteiger partial charge in [0.25, 0.3) is 21.8 Å². The van der Waals surface area contributed by atoms with Crippen LogP contribution in [0, 0.1) is 5.82 Å². The van der Waals surface area contributed by atoms with Gasteiger partial charge in [-0.25, -0.2) is 17.5 Å². The minimum atomic E-state index is -3.81. The maximum absolute atomic E-state index is 13.1. The molecule has 0 bridgehead atoms. The van der Waals surface area contributed by atoms with Crippen molar-refractivity contribution in [2.45, 2.75) is 17.9 Å². The van der Waals surface area contributed by atoms with Crippen molar-refractivity contribution in [2.24, 2.45) is 0 Å². The van der Waals surface area contributed by atoms with Crippen molar-refractivity contribution < 1.29 is 26.8 Å². The predicted molar refractivity (Wildman–Crippen MR) is 116 cm³/mol. The average molecular weight is 457 g/mol. The van der Waals surface area contributed by atoms with Gasteiger partial charge in [0.05, 0.1) is 0 Å². The zero-order valence-electron chi connectivity index (χ0n) is 17.1. The maximum atomic E-state index is 13.1. The standard InChI is InChI=1S/C22H20FN3O5S/c1-24-32(29,30)20-12-11-19(31-20)22(28)26-13-3-4-16-17(5-2-6-18(16)26)25-21(27)14-7-9-15(23)10-8-14/h2,5-12,24H,3-4,13H2,1H3,(H,25,27). The monoisotopic (exact) mass is 457 g/mol. The Kier molecular flexibility index (Phi) is 5.81. The number of rotatable bonds is 5. The van der Waals surface area contributed by atoms with Crippen molar-refractivity contribution in [3.8, 4) is 0 Å². The van der Waals surface area contributed by atoms with Gasteiger partial charge in [0.2, 0.25) is 5.09 Å². The van der Waals surface area contributed by atoms with E-state index in [4.69, 9.17) is 4.42 Å². The molecule has 2 heterocycles. The number of benzene rings is 2. The van der Waals surface area contributed by atoms with Gasteiger partial charge in [-0.2, -0.15) is 0 Å². The predicted octanol–water partition coefficient (Wildman–Crippen LogP) is 3.17. The highest BCUT2D eigenvalue weighted by Gasteiger charge is 2.29. The molecule has 0 saturated carbocycles. The van der Waals surface area contributed by atoms with Crippen LogP contribution in [0.25, 0.3) is 0 Å². The molecule has 2 amide bonds. The fraction of sp³-hybridized carbons (Fsp3) is 0.182. The smallest absolute Gasteiger partial charge is 0.294 e. The van der Waals surface area contributed by atoms with Crippen molar-refractivity contribution >= 4 is 33.2 Å². The van der Waals surface area contributed by atoms with Crippen LogP contribution in [0.2, 0.25) is 0 Å². The van der Waals surface area contributed by atoms with Gasteiger partial charge in [-0.05, 0) is 74.0 Å². The third-order valence-corrected chi connectivity index (χ3v) is 6.46. The van der Waals surface area contributed by atoms with Crippen molar-refractivity contribution in [1.29, 1.82) is 0 Å². The highest BCUT2D eigenvalue weighted by atomic mass is 32.2. The van der Waals surface area contributed by atoms with Gasteiger partial charge in [-0.1, -0.05) is 6.07 Å². The second-order valence-corrected chi connectivity index (χ2v) is 8.97. The van der Waals surface area contributed by atoms with Crippen LogP contribution in [0.1, 0.15) is 32.9 Å². The molecule has 1 aliphatic heterocycles. The molecule has 3 aromatic rings. The summed E-state index contributed by atoms with van der Waals surface area (Å²) in [6.45, 7) is 0.413. The second-order valence-electron chi connectivity index (χ2n) is 7.15. The molecule has 8 nitrogen and oxygen atoms in total. The lowest BCUT2D eigenvalue weighted by atomic mass is 9.99. The van der Waals surface area contributed by atoms with Crippen LogP contribution in [0.3, 0.4) is 0 Å². The molecule has 32 heavy (non-hydrogen) atoms. The van der Waals surface area contributed by atoms with Gasteiger partial charge in [-0.15, -0.1) is 0 Å². The molecule has 0 unspecified atom stereocenters. The molecule has 166 valence electrons. The van der Waals surface area contributed by atoms with Gasteiger partial charge < -0.3 is 14.6 Å². The van der Waals surface area contributed by atoms with E-state index < -0.39 is 27.7 Å². The molecule has 0 atom stereocenters. The molecule has 0 aliphatic carbocycles. The summed E-state index contributed by atoms with van der Waals surface area (Å²) >= 11 is 0. The molecule has 0 fully saturated rings. The summed E-state index contributed by atoms with van der Waals surface area (Å²) in [5.41, 5.74) is 2.23. The number of amides is 2. The van der Waals surface area contributed by atoms with E-state index in [1.165, 1.54) is 48.3 Å². The Labute approximate surface area is 184 Å². The van der Waals surface area contributed by atoms with E-state index in [1.54, 1.807) is 18.2 Å². The summed E-state index contributed by atoms with van der Waals surface area (Å²) in [5, 5.41) is 2.48. The van der Waals surface area contributed by atoms with Crippen LogP contribution in [0.5, 0.6) is 0 Å². The Bertz CT molecular complexity index is 1290. The SMILES string of the molecule is CNS(=O)(=O)c1ccc(C(=O)N2CCCc3c(NC(=O)c4ccc(F)cc4)cccc32)o1. The van der Waals surface area contributed by atoms with E-state index >= 15 is 0 Å². The summed E-state index contributed by atoms with van der Waals surface area (Å²) in [4.78, 5) is 27.2. The number of carbonyl (C=O) groups excluding carboxylic acids is 2. The minimum Gasteiger partial charge on any atom is -0.438 e. The largest absolute Gasteiger partial charge is 0.438 e. The van der Waals surface area contributed by atoms with Gasteiger partial charge >= 0.3 is 0 Å². The van der Waals surface area contributed by atoms with Gasteiger partial charge in [0.15, 0.2) is 5.76 Å². The van der Waals surface area contributed by atoms with E-state index in [1.807, 2.05) is 0 Å². The van der Waals surface area contributed by atoms with E-state index in [-0.39, 0.29) is 10.9 Å². The first-order valence-electron chi connectivity index (χ1n) is 9.84. The molecule has 1 aliphatic rings. The summed E-state index contributed by atoms with van der Waals surface area (Å²) in [5.74, 6) is -1.41. The number of hydrogen-bond donors (Lipinski definition) is 2. The molecule has 2 N–H and O–H groups in total. The number of anilines is 2. The lowest BCUT2D eigenvalue weighted by Crippen LogP contribution is -2.35. The number of nitrogens with one attached hydrogen (secondary N) is 2. The molecule has 0 saturated heterocycles. The van der Waals surface area contributed by atoms with Gasteiger partial charge in [0, 0.05) is 23.5 Å². The Balaban J connectivity index is 1.61. The molecule has 10 heteroatoms. The van der Waals surface area contributed by atoms with E-state index in [0.29, 0.717) is 36.3 Å². The van der Waals surface area contributed by atoms with Crippen LogP contribution in [0.4, 0.5) is 15.8 Å². The van der Waals surface area contributed by atoms with Crippen molar-refractivity contribution in [3.05, 3.63) is 77.3 Å². The number of fused-ring (bicyclic) bond motifs is 1. The molecule has 4 rings (SSSR count). The topological polar surface area (TPSA) is 109 Å². The summed E-state index contributed by atoms with van der Waals surface area (Å²) in [6, 6.07) is 13.0. The van der Waals surface area contributed by atoms with Crippen LogP contribution in [-0.4, -0.2) is 33.8 Å². The number of halogens is 1. The number of carbonyl (C=O) groups is 2. The zero-order valence-corrected chi connectivity index (χ0v) is 17.9. The molecule has 1 aromatic heterocycles. The molecular weight excluding hydrogens is 437 g/mol. The van der Waals surface area contributed by atoms with Crippen LogP contribution in [-0.2, 0) is 16.4 Å². The van der Waals surface area contributed by atoms with Crippen molar-refractivity contribution in [3.63, 3.8) is 0 Å².